The molecule has 2 aromatic heterocycles. The molecule has 0 unspecified atom stereocenters. The van der Waals surface area contributed by atoms with Crippen molar-refractivity contribution < 1.29 is 9.90 Å². The quantitative estimate of drug-likeness (QED) is 0.876. The number of aliphatic carboxylic acids is 1. The Bertz CT molecular complexity index is 514. The van der Waals surface area contributed by atoms with Crippen molar-refractivity contribution in [2.75, 3.05) is 0 Å². The van der Waals surface area contributed by atoms with E-state index in [0.717, 1.165) is 16.4 Å². The first-order valence-electron chi connectivity index (χ1n) is 5.30. The zero-order chi connectivity index (χ0) is 12.5. The van der Waals surface area contributed by atoms with Crippen molar-refractivity contribution in [2.24, 2.45) is 0 Å². The number of thiazole rings is 1. The number of aromatic nitrogens is 2. The summed E-state index contributed by atoms with van der Waals surface area (Å²) in [6.07, 6.45) is 1.93. The van der Waals surface area contributed by atoms with Crippen LogP contribution in [0.4, 0.5) is 0 Å². The second-order valence-electron chi connectivity index (χ2n) is 4.58. The maximum atomic E-state index is 10.8. The van der Waals surface area contributed by atoms with Crippen LogP contribution in [0.5, 0.6) is 0 Å². The molecule has 0 spiro atoms. The fourth-order valence-electron chi connectivity index (χ4n) is 1.64. The van der Waals surface area contributed by atoms with Gasteiger partial charge in [0, 0.05) is 17.0 Å². The summed E-state index contributed by atoms with van der Waals surface area (Å²) in [6, 6.07) is 3.87. The summed E-state index contributed by atoms with van der Waals surface area (Å²) in [6.45, 7) is 3.79. The van der Waals surface area contributed by atoms with E-state index in [1.807, 2.05) is 37.6 Å². The largest absolute Gasteiger partial charge is 0.481 e. The average molecular weight is 250 g/mol. The van der Waals surface area contributed by atoms with Gasteiger partial charge in [-0.3, -0.25) is 4.79 Å². The molecule has 0 aliphatic rings. The van der Waals surface area contributed by atoms with Gasteiger partial charge in [-0.1, -0.05) is 13.8 Å². The van der Waals surface area contributed by atoms with Crippen molar-refractivity contribution in [3.63, 3.8) is 0 Å². The summed E-state index contributed by atoms with van der Waals surface area (Å²) < 4.78 is 0. The summed E-state index contributed by atoms with van der Waals surface area (Å²) in [5.74, 6) is -0.801. The zero-order valence-electron chi connectivity index (χ0n) is 9.73. The first-order valence-corrected chi connectivity index (χ1v) is 6.18. The third kappa shape index (κ3) is 2.55. The van der Waals surface area contributed by atoms with Crippen LogP contribution < -0.4 is 0 Å². The summed E-state index contributed by atoms with van der Waals surface area (Å²) in [4.78, 5) is 18.4. The Morgan fingerprint density at radius 2 is 2.35 bits per heavy atom. The van der Waals surface area contributed by atoms with Crippen LogP contribution in [-0.2, 0) is 10.2 Å². The van der Waals surface area contributed by atoms with E-state index < -0.39 is 11.4 Å². The highest BCUT2D eigenvalue weighted by molar-refractivity contribution is 7.13. The van der Waals surface area contributed by atoms with Crippen LogP contribution >= 0.6 is 11.3 Å². The predicted molar refractivity (Wildman–Crippen MR) is 67.2 cm³/mol. The molecule has 2 heterocycles. The third-order valence-electron chi connectivity index (χ3n) is 2.62. The molecule has 0 radical (unpaired) electrons. The standard InChI is InChI=1S/C12H14N2O2S/c1-12(2,6-10(15)16)9-7-17-11(14-9)8-4-3-5-13-8/h3-5,7,13H,6H2,1-2H3,(H,15,16). The fraction of sp³-hybridized carbons (Fsp3) is 0.333. The fourth-order valence-corrected chi connectivity index (χ4v) is 2.64. The molecule has 0 saturated heterocycles. The second-order valence-corrected chi connectivity index (χ2v) is 5.43. The molecule has 5 heteroatoms. The van der Waals surface area contributed by atoms with Crippen LogP contribution in [0.3, 0.4) is 0 Å². The minimum Gasteiger partial charge on any atom is -0.481 e. The van der Waals surface area contributed by atoms with Gasteiger partial charge in [0.2, 0.25) is 0 Å². The summed E-state index contributed by atoms with van der Waals surface area (Å²) >= 11 is 1.53. The molecular formula is C12H14N2O2S. The lowest BCUT2D eigenvalue weighted by Crippen LogP contribution is -2.22. The van der Waals surface area contributed by atoms with Crippen LogP contribution in [0.2, 0.25) is 0 Å². The van der Waals surface area contributed by atoms with Gasteiger partial charge < -0.3 is 10.1 Å². The van der Waals surface area contributed by atoms with Gasteiger partial charge in [0.05, 0.1) is 17.8 Å². The van der Waals surface area contributed by atoms with E-state index in [1.54, 1.807) is 0 Å². The molecule has 0 saturated carbocycles. The predicted octanol–water partition coefficient (Wildman–Crippen LogP) is 2.89. The van der Waals surface area contributed by atoms with E-state index in [4.69, 9.17) is 5.11 Å². The SMILES string of the molecule is CC(C)(CC(=O)O)c1csc(-c2ccc[nH]2)n1. The maximum Gasteiger partial charge on any atom is 0.304 e. The topological polar surface area (TPSA) is 66.0 Å². The number of hydrogen-bond donors (Lipinski definition) is 2. The molecule has 2 N–H and O–H groups in total. The van der Waals surface area contributed by atoms with Crippen LogP contribution in [0.25, 0.3) is 10.7 Å². The molecule has 0 aliphatic carbocycles. The molecule has 0 aliphatic heterocycles. The Hall–Kier alpha value is -1.62. The number of rotatable bonds is 4. The molecule has 17 heavy (non-hydrogen) atoms. The summed E-state index contributed by atoms with van der Waals surface area (Å²) in [7, 11) is 0. The molecule has 2 rings (SSSR count). The van der Waals surface area contributed by atoms with Gasteiger partial charge >= 0.3 is 5.97 Å². The van der Waals surface area contributed by atoms with E-state index in [2.05, 4.69) is 9.97 Å². The Morgan fingerprint density at radius 3 is 2.94 bits per heavy atom. The van der Waals surface area contributed by atoms with Crippen molar-refractivity contribution in [3.05, 3.63) is 29.4 Å². The van der Waals surface area contributed by atoms with Crippen molar-refractivity contribution in [1.29, 1.82) is 0 Å². The summed E-state index contributed by atoms with van der Waals surface area (Å²) in [5, 5.41) is 11.7. The van der Waals surface area contributed by atoms with Crippen molar-refractivity contribution in [3.8, 4) is 10.7 Å². The number of H-pyrrole nitrogens is 1. The van der Waals surface area contributed by atoms with Gasteiger partial charge in [-0.25, -0.2) is 4.98 Å². The Balaban J connectivity index is 2.26. The highest BCUT2D eigenvalue weighted by Crippen LogP contribution is 2.31. The van der Waals surface area contributed by atoms with E-state index in [1.165, 1.54) is 11.3 Å². The van der Waals surface area contributed by atoms with Gasteiger partial charge in [-0.2, -0.15) is 0 Å². The lowest BCUT2D eigenvalue weighted by Gasteiger charge is -2.19. The molecule has 0 bridgehead atoms. The zero-order valence-corrected chi connectivity index (χ0v) is 10.5. The van der Waals surface area contributed by atoms with E-state index >= 15 is 0 Å². The molecule has 0 atom stereocenters. The number of hydrogen-bond acceptors (Lipinski definition) is 3. The number of nitrogens with one attached hydrogen (secondary N) is 1. The highest BCUT2D eigenvalue weighted by atomic mass is 32.1. The van der Waals surface area contributed by atoms with Gasteiger partial charge in [0.15, 0.2) is 0 Å². The maximum absolute atomic E-state index is 10.8. The van der Waals surface area contributed by atoms with Crippen LogP contribution in [0.1, 0.15) is 26.0 Å². The number of carbonyl (C=O) groups is 1. The highest BCUT2D eigenvalue weighted by Gasteiger charge is 2.27. The monoisotopic (exact) mass is 250 g/mol. The number of aromatic amines is 1. The lowest BCUT2D eigenvalue weighted by molar-refractivity contribution is -0.138. The van der Waals surface area contributed by atoms with E-state index in [0.29, 0.717) is 0 Å². The normalized spacial score (nSPS) is 11.6. The smallest absolute Gasteiger partial charge is 0.304 e. The molecule has 4 nitrogen and oxygen atoms in total. The van der Waals surface area contributed by atoms with Gasteiger partial charge in [0.25, 0.3) is 0 Å². The van der Waals surface area contributed by atoms with Gasteiger partial charge in [-0.15, -0.1) is 11.3 Å². The van der Waals surface area contributed by atoms with Gasteiger partial charge in [0.1, 0.15) is 5.01 Å². The van der Waals surface area contributed by atoms with E-state index in [9.17, 15) is 4.79 Å². The molecule has 0 aromatic carbocycles. The third-order valence-corrected chi connectivity index (χ3v) is 3.49. The molecule has 0 amide bonds. The van der Waals surface area contributed by atoms with Crippen LogP contribution in [-0.4, -0.2) is 21.0 Å². The van der Waals surface area contributed by atoms with Crippen LogP contribution in [0, 0.1) is 0 Å². The first kappa shape index (κ1) is 11.9. The number of carboxylic acids is 1. The van der Waals surface area contributed by atoms with E-state index in [-0.39, 0.29) is 6.42 Å². The van der Waals surface area contributed by atoms with Crippen molar-refractivity contribution in [1.82, 2.24) is 9.97 Å². The van der Waals surface area contributed by atoms with Crippen LogP contribution in [0.15, 0.2) is 23.7 Å². The molecule has 2 aromatic rings. The summed E-state index contributed by atoms with van der Waals surface area (Å²) in [5.41, 5.74) is 1.36. The number of nitrogens with zero attached hydrogens (tertiary/aromatic N) is 1. The molecule has 90 valence electrons. The first-order chi connectivity index (χ1) is 7.99. The molecular weight excluding hydrogens is 236 g/mol. The Kier molecular flexibility index (Phi) is 3.02. The lowest BCUT2D eigenvalue weighted by atomic mass is 9.86. The minimum absolute atomic E-state index is 0.0842. The molecule has 0 fully saturated rings. The second kappa shape index (κ2) is 4.33. The Morgan fingerprint density at radius 1 is 1.59 bits per heavy atom. The van der Waals surface area contributed by atoms with Crippen molar-refractivity contribution >= 4 is 17.3 Å². The minimum atomic E-state index is -0.801. The number of carboxylic acid groups (broad SMARTS) is 1. The van der Waals surface area contributed by atoms with Crippen molar-refractivity contribution in [2.45, 2.75) is 25.7 Å². The van der Waals surface area contributed by atoms with Gasteiger partial charge in [-0.05, 0) is 12.1 Å². The average Bonchev–Trinajstić information content (AvgIpc) is 2.87. The Labute approximate surface area is 103 Å².